The van der Waals surface area contributed by atoms with E-state index in [2.05, 4.69) is 20.2 Å². The Balaban J connectivity index is 1.46. The normalized spacial score (nSPS) is 15.8. The van der Waals surface area contributed by atoms with Crippen molar-refractivity contribution >= 4 is 39.5 Å². The van der Waals surface area contributed by atoms with Gasteiger partial charge in [0.05, 0.1) is 24.8 Å². The number of hydrogen-bond acceptors (Lipinski definition) is 7. The predicted octanol–water partition coefficient (Wildman–Crippen LogP) is 2.90. The molecule has 7 nitrogen and oxygen atoms in total. The highest BCUT2D eigenvalue weighted by atomic mass is 35.5. The minimum Gasteiger partial charge on any atom is -0.485 e. The summed E-state index contributed by atoms with van der Waals surface area (Å²) in [7, 11) is 0. The molecule has 1 fully saturated rings. The number of morpholine rings is 1. The Labute approximate surface area is 158 Å². The van der Waals surface area contributed by atoms with E-state index in [0.29, 0.717) is 28.9 Å². The molecule has 0 bridgehead atoms. The Kier molecular flexibility index (Phi) is 5.05. The zero-order chi connectivity index (χ0) is 17.2. The fourth-order valence-corrected chi connectivity index (χ4v) is 3.77. The van der Waals surface area contributed by atoms with E-state index in [9.17, 15) is 0 Å². The topological polar surface area (TPSA) is 64.8 Å². The molecule has 132 valence electrons. The van der Waals surface area contributed by atoms with E-state index in [-0.39, 0.29) is 0 Å². The van der Waals surface area contributed by atoms with Crippen molar-refractivity contribution in [3.8, 4) is 5.75 Å². The van der Waals surface area contributed by atoms with Gasteiger partial charge in [0.15, 0.2) is 10.8 Å². The number of nitrogens with zero attached hydrogens (tertiary/aromatic N) is 5. The quantitative estimate of drug-likeness (QED) is 0.656. The molecule has 10 heteroatoms. The average Bonchev–Trinajstić information content (AvgIpc) is 3.17. The van der Waals surface area contributed by atoms with Crippen molar-refractivity contribution in [2.45, 2.75) is 13.2 Å². The molecule has 25 heavy (non-hydrogen) atoms. The highest BCUT2D eigenvalue weighted by Crippen LogP contribution is 2.28. The molecule has 0 saturated carbocycles. The third-order valence-electron chi connectivity index (χ3n) is 3.81. The van der Waals surface area contributed by atoms with Gasteiger partial charge in [0.2, 0.25) is 4.96 Å². The van der Waals surface area contributed by atoms with Crippen LogP contribution in [0.3, 0.4) is 0 Å². The lowest BCUT2D eigenvalue weighted by molar-refractivity contribution is 0.0328. The van der Waals surface area contributed by atoms with Crippen molar-refractivity contribution in [2.75, 3.05) is 26.3 Å². The molecule has 0 unspecified atom stereocenters. The van der Waals surface area contributed by atoms with Crippen LogP contribution in [-0.4, -0.2) is 51.0 Å². The number of ether oxygens (including phenoxy) is 2. The van der Waals surface area contributed by atoms with E-state index in [0.717, 1.165) is 42.1 Å². The zero-order valence-corrected chi connectivity index (χ0v) is 15.5. The van der Waals surface area contributed by atoms with Gasteiger partial charge >= 0.3 is 0 Å². The van der Waals surface area contributed by atoms with Gasteiger partial charge in [0, 0.05) is 18.1 Å². The summed E-state index contributed by atoms with van der Waals surface area (Å²) in [5.74, 6) is 1.40. The largest absolute Gasteiger partial charge is 0.485 e. The van der Waals surface area contributed by atoms with Crippen LogP contribution in [-0.2, 0) is 17.9 Å². The number of benzene rings is 1. The molecule has 0 radical (unpaired) electrons. The van der Waals surface area contributed by atoms with Gasteiger partial charge in [-0.05, 0) is 18.2 Å². The molecule has 0 atom stereocenters. The lowest BCUT2D eigenvalue weighted by atomic mass is 10.3. The fraction of sp³-hybridized carbons (Fsp3) is 0.400. The van der Waals surface area contributed by atoms with E-state index in [1.54, 1.807) is 22.7 Å². The second-order valence-electron chi connectivity index (χ2n) is 5.56. The zero-order valence-electron chi connectivity index (χ0n) is 13.2. The van der Waals surface area contributed by atoms with Crippen molar-refractivity contribution in [1.82, 2.24) is 24.7 Å². The Hall–Kier alpha value is -1.45. The number of fused-ring (bicyclic) bond motifs is 1. The minimum atomic E-state index is 0.312. The van der Waals surface area contributed by atoms with E-state index < -0.39 is 0 Å². The third kappa shape index (κ3) is 3.88. The molecule has 1 aliphatic heterocycles. The average molecular weight is 400 g/mol. The van der Waals surface area contributed by atoms with Gasteiger partial charge in [0.1, 0.15) is 12.4 Å². The van der Waals surface area contributed by atoms with Crippen molar-refractivity contribution in [3.05, 3.63) is 39.1 Å². The number of halogens is 2. The Morgan fingerprint density at radius 3 is 2.84 bits per heavy atom. The molecule has 0 amide bonds. The standard InChI is InChI=1S/C15H15Cl2N5O2S/c16-10-1-2-12(11(17)7-10)24-9-14-20-22-13(18-19-15(22)25-14)8-21-3-5-23-6-4-21/h1-2,7H,3-6,8-9H2. The third-order valence-corrected chi connectivity index (χ3v) is 5.21. The Morgan fingerprint density at radius 1 is 1.20 bits per heavy atom. The molecule has 4 rings (SSSR count). The van der Waals surface area contributed by atoms with Gasteiger partial charge in [0.25, 0.3) is 0 Å². The van der Waals surface area contributed by atoms with Crippen LogP contribution in [0.1, 0.15) is 10.8 Å². The van der Waals surface area contributed by atoms with Crippen LogP contribution in [0.5, 0.6) is 5.75 Å². The van der Waals surface area contributed by atoms with Crippen LogP contribution < -0.4 is 4.74 Å². The molecular formula is C15H15Cl2N5O2S. The number of aromatic nitrogens is 4. The molecule has 3 heterocycles. The van der Waals surface area contributed by atoms with Crippen molar-refractivity contribution in [3.63, 3.8) is 0 Å². The molecule has 2 aromatic heterocycles. The van der Waals surface area contributed by atoms with Crippen LogP contribution in [0.15, 0.2) is 18.2 Å². The number of hydrogen-bond donors (Lipinski definition) is 0. The molecule has 0 aliphatic carbocycles. The van der Waals surface area contributed by atoms with E-state index in [1.165, 1.54) is 11.3 Å². The summed E-state index contributed by atoms with van der Waals surface area (Å²) in [5, 5.41) is 14.8. The van der Waals surface area contributed by atoms with E-state index in [1.807, 2.05) is 0 Å². The van der Waals surface area contributed by atoms with Gasteiger partial charge in [-0.25, -0.2) is 0 Å². The molecular weight excluding hydrogens is 385 g/mol. The van der Waals surface area contributed by atoms with Gasteiger partial charge in [-0.2, -0.15) is 9.61 Å². The molecule has 1 aromatic carbocycles. The van der Waals surface area contributed by atoms with Crippen molar-refractivity contribution in [1.29, 1.82) is 0 Å². The highest BCUT2D eigenvalue weighted by molar-refractivity contribution is 7.16. The molecule has 1 aliphatic rings. The van der Waals surface area contributed by atoms with Crippen LogP contribution in [0.2, 0.25) is 10.0 Å². The lowest BCUT2D eigenvalue weighted by Crippen LogP contribution is -2.36. The summed E-state index contributed by atoms with van der Waals surface area (Å²) < 4.78 is 12.9. The van der Waals surface area contributed by atoms with Gasteiger partial charge in [-0.15, -0.1) is 10.2 Å². The second kappa shape index (κ2) is 7.43. The summed E-state index contributed by atoms with van der Waals surface area (Å²) in [6.45, 7) is 4.30. The van der Waals surface area contributed by atoms with Gasteiger partial charge in [-0.1, -0.05) is 34.5 Å². The summed E-state index contributed by atoms with van der Waals surface area (Å²) in [5.41, 5.74) is 0. The van der Waals surface area contributed by atoms with Gasteiger partial charge < -0.3 is 9.47 Å². The minimum absolute atomic E-state index is 0.312. The highest BCUT2D eigenvalue weighted by Gasteiger charge is 2.17. The SMILES string of the molecule is Clc1ccc(OCc2nn3c(CN4CCOCC4)nnc3s2)c(Cl)c1. The molecule has 0 spiro atoms. The van der Waals surface area contributed by atoms with E-state index >= 15 is 0 Å². The maximum atomic E-state index is 6.12. The van der Waals surface area contributed by atoms with Gasteiger partial charge in [-0.3, -0.25) is 4.90 Å². The maximum Gasteiger partial charge on any atom is 0.234 e. The van der Waals surface area contributed by atoms with Crippen molar-refractivity contribution < 1.29 is 9.47 Å². The fourth-order valence-electron chi connectivity index (χ4n) is 2.55. The summed E-state index contributed by atoms with van der Waals surface area (Å²) in [4.78, 5) is 3.03. The first-order chi connectivity index (χ1) is 12.2. The van der Waals surface area contributed by atoms with Crippen LogP contribution >= 0.6 is 34.5 Å². The molecule has 0 N–H and O–H groups in total. The first-order valence-electron chi connectivity index (χ1n) is 7.77. The Morgan fingerprint density at radius 2 is 2.04 bits per heavy atom. The maximum absolute atomic E-state index is 6.12. The first-order valence-corrected chi connectivity index (χ1v) is 9.34. The lowest BCUT2D eigenvalue weighted by Gasteiger charge is -2.25. The first kappa shape index (κ1) is 17.0. The molecule has 1 saturated heterocycles. The second-order valence-corrected chi connectivity index (χ2v) is 7.44. The van der Waals surface area contributed by atoms with Crippen LogP contribution in [0, 0.1) is 0 Å². The summed E-state index contributed by atoms with van der Waals surface area (Å²) >= 11 is 13.5. The molecule has 3 aromatic rings. The predicted molar refractivity (Wildman–Crippen MR) is 95.5 cm³/mol. The number of rotatable bonds is 5. The van der Waals surface area contributed by atoms with Crippen LogP contribution in [0.25, 0.3) is 4.96 Å². The monoisotopic (exact) mass is 399 g/mol. The summed E-state index contributed by atoms with van der Waals surface area (Å²) in [6.07, 6.45) is 0. The van der Waals surface area contributed by atoms with E-state index in [4.69, 9.17) is 32.7 Å². The Bertz CT molecular complexity index is 878. The van der Waals surface area contributed by atoms with Crippen LogP contribution in [0.4, 0.5) is 0 Å². The van der Waals surface area contributed by atoms with Crippen molar-refractivity contribution in [2.24, 2.45) is 0 Å². The summed E-state index contributed by atoms with van der Waals surface area (Å²) in [6, 6.07) is 5.13. The smallest absolute Gasteiger partial charge is 0.234 e.